The zero-order valence-electron chi connectivity index (χ0n) is 23.2. The van der Waals surface area contributed by atoms with Crippen LogP contribution in [0.3, 0.4) is 0 Å². The molecule has 2 aromatic rings. The van der Waals surface area contributed by atoms with E-state index in [1.54, 1.807) is 6.20 Å². The van der Waals surface area contributed by atoms with E-state index in [4.69, 9.17) is 4.65 Å². The van der Waals surface area contributed by atoms with E-state index in [2.05, 4.69) is 9.72 Å². The highest BCUT2D eigenvalue weighted by molar-refractivity contribution is 6.43. The molecule has 0 bridgehead atoms. The lowest BCUT2D eigenvalue weighted by atomic mass is 9.58. The summed E-state index contributed by atoms with van der Waals surface area (Å²) in [5.41, 5.74) is 5.37. The van der Waals surface area contributed by atoms with E-state index < -0.39 is 48.9 Å². The number of aromatic nitrogens is 1. The number of amides is 3. The van der Waals surface area contributed by atoms with Gasteiger partial charge in [0, 0.05) is 6.20 Å². The van der Waals surface area contributed by atoms with Gasteiger partial charge in [-0.05, 0) is 109 Å². The van der Waals surface area contributed by atoms with Crippen molar-refractivity contribution < 1.29 is 39.0 Å². The van der Waals surface area contributed by atoms with Crippen LogP contribution in [0.15, 0.2) is 47.7 Å². The van der Waals surface area contributed by atoms with Crippen LogP contribution in [0.1, 0.15) is 41.6 Å². The summed E-state index contributed by atoms with van der Waals surface area (Å²) in [6.45, 7) is 3.35. The molecule has 5 rings (SSSR count). The number of aromatic hydroxyl groups is 1. The summed E-state index contributed by atoms with van der Waals surface area (Å²) in [6, 6.07) is 9.41. The van der Waals surface area contributed by atoms with Gasteiger partial charge in [-0.3, -0.25) is 14.6 Å². The lowest BCUT2D eigenvalue weighted by Crippen LogP contribution is -2.46. The van der Waals surface area contributed by atoms with Crippen molar-refractivity contribution in [2.75, 3.05) is 13.7 Å². The molecule has 3 N–H and O–H groups in total. The van der Waals surface area contributed by atoms with Crippen molar-refractivity contribution in [3.05, 3.63) is 70.1 Å². The highest BCUT2D eigenvalue weighted by Crippen LogP contribution is 2.50. The fourth-order valence-electron chi connectivity index (χ4n) is 6.57. The molecule has 0 saturated carbocycles. The lowest BCUT2D eigenvalue weighted by molar-refractivity contribution is -0.137. The topological polar surface area (TPSA) is 146 Å². The monoisotopic (exact) mass is 560 g/mol. The van der Waals surface area contributed by atoms with Gasteiger partial charge in [0.2, 0.25) is 11.8 Å². The first kappa shape index (κ1) is 28.7. The third-order valence-electron chi connectivity index (χ3n) is 8.38. The van der Waals surface area contributed by atoms with Crippen LogP contribution in [0, 0.1) is 31.6 Å². The number of hydrogen-bond acceptors (Lipinski definition) is 9. The van der Waals surface area contributed by atoms with Gasteiger partial charge in [0.05, 0.1) is 37.4 Å². The number of benzene rings is 1. The maximum atomic E-state index is 13.3. The summed E-state index contributed by atoms with van der Waals surface area (Å²) in [6.07, 6.45) is 3.13. The summed E-state index contributed by atoms with van der Waals surface area (Å²) >= 11 is 0. The van der Waals surface area contributed by atoms with Gasteiger partial charge >= 0.3 is 13.2 Å². The highest BCUT2D eigenvalue weighted by Gasteiger charge is 2.59. The lowest BCUT2D eigenvalue weighted by Gasteiger charge is -2.42. The number of hydrogen-bond donors (Lipinski definition) is 3. The van der Waals surface area contributed by atoms with Gasteiger partial charge in [0.1, 0.15) is 5.75 Å². The Balaban J connectivity index is 1.48. The molecule has 4 atom stereocenters. The number of methoxy groups -OCH3 is 1. The maximum Gasteiger partial charge on any atom is 0.455 e. The summed E-state index contributed by atoms with van der Waals surface area (Å²) in [5, 5.41) is 31.3. The molecule has 3 heterocycles. The van der Waals surface area contributed by atoms with Crippen LogP contribution in [-0.2, 0) is 19.0 Å². The number of fused-ring (bicyclic) bond motifs is 3. The minimum absolute atomic E-state index is 0.0690. The van der Waals surface area contributed by atoms with Gasteiger partial charge in [-0.2, -0.15) is 4.90 Å². The SMILES string of the molecule is COC(=O)N1C(=O)[C@@H]2[C@@H](CC(CO)=C3[C@@H](CC/C(=C/c4cc(C)c(O)c(C)c4)c4ccccn4)OB(O)C[C@@H]32)C1=O. The molecule has 0 spiro atoms. The molecule has 0 unspecified atom stereocenters. The third kappa shape index (κ3) is 5.32. The van der Waals surface area contributed by atoms with E-state index in [-0.39, 0.29) is 25.1 Å². The number of rotatable bonds is 6. The number of phenols is 1. The molecular weight excluding hydrogens is 527 g/mol. The fraction of sp³-hybridized carbons (Fsp3) is 0.400. The van der Waals surface area contributed by atoms with Gasteiger partial charge in [-0.25, -0.2) is 4.79 Å². The number of likely N-dealkylation sites (tertiary alicyclic amines) is 1. The highest BCUT2D eigenvalue weighted by atomic mass is 16.5. The van der Waals surface area contributed by atoms with Crippen molar-refractivity contribution in [2.45, 2.75) is 45.5 Å². The van der Waals surface area contributed by atoms with Crippen molar-refractivity contribution in [2.24, 2.45) is 17.8 Å². The Labute approximate surface area is 238 Å². The zero-order chi connectivity index (χ0) is 29.4. The van der Waals surface area contributed by atoms with Crippen molar-refractivity contribution in [1.82, 2.24) is 9.88 Å². The average molecular weight is 560 g/mol. The van der Waals surface area contributed by atoms with Crippen LogP contribution in [-0.4, -0.2) is 70.0 Å². The van der Waals surface area contributed by atoms with Gasteiger partial charge in [0.25, 0.3) is 0 Å². The van der Waals surface area contributed by atoms with E-state index in [1.165, 1.54) is 0 Å². The molecule has 1 aromatic heterocycles. The number of pyridine rings is 1. The number of allylic oxidation sites excluding steroid dienone is 1. The summed E-state index contributed by atoms with van der Waals surface area (Å²) in [4.78, 5) is 43.7. The normalized spacial score (nSPS) is 24.5. The Morgan fingerprint density at radius 2 is 1.93 bits per heavy atom. The molecule has 3 aliphatic rings. The molecule has 2 aliphatic heterocycles. The molecule has 0 radical (unpaired) electrons. The minimum Gasteiger partial charge on any atom is -0.507 e. The van der Waals surface area contributed by atoms with Gasteiger partial charge < -0.3 is 24.6 Å². The predicted molar refractivity (Wildman–Crippen MR) is 150 cm³/mol. The predicted octanol–water partition coefficient (Wildman–Crippen LogP) is 3.28. The maximum absolute atomic E-state index is 13.3. The summed E-state index contributed by atoms with van der Waals surface area (Å²) < 4.78 is 10.7. The van der Waals surface area contributed by atoms with Gasteiger partial charge in [0.15, 0.2) is 0 Å². The third-order valence-corrected chi connectivity index (χ3v) is 8.38. The van der Waals surface area contributed by atoms with Gasteiger partial charge in [-0.15, -0.1) is 0 Å². The smallest absolute Gasteiger partial charge is 0.455 e. The summed E-state index contributed by atoms with van der Waals surface area (Å²) in [7, 11) is -0.0812. The quantitative estimate of drug-likeness (QED) is 0.275. The van der Waals surface area contributed by atoms with Crippen LogP contribution >= 0.6 is 0 Å². The molecule has 11 heteroatoms. The first-order valence-corrected chi connectivity index (χ1v) is 13.7. The van der Waals surface area contributed by atoms with Crippen LogP contribution in [0.4, 0.5) is 4.79 Å². The van der Waals surface area contributed by atoms with Crippen LogP contribution < -0.4 is 0 Å². The first-order valence-electron chi connectivity index (χ1n) is 13.7. The molecule has 1 aromatic carbocycles. The van der Waals surface area contributed by atoms with Crippen LogP contribution in [0.5, 0.6) is 5.75 Å². The molecule has 3 amide bonds. The number of aryl methyl sites for hydroxylation is 2. The van der Waals surface area contributed by atoms with E-state index in [9.17, 15) is 29.6 Å². The summed E-state index contributed by atoms with van der Waals surface area (Å²) in [5.74, 6) is -3.27. The first-order chi connectivity index (χ1) is 19.6. The van der Waals surface area contributed by atoms with Crippen molar-refractivity contribution in [3.8, 4) is 5.75 Å². The molecule has 10 nitrogen and oxygen atoms in total. The number of carbonyl (C=O) groups excluding carboxylic acids is 3. The Kier molecular flexibility index (Phi) is 8.12. The Morgan fingerprint density at radius 1 is 1.20 bits per heavy atom. The van der Waals surface area contributed by atoms with E-state index in [1.807, 2.05) is 50.3 Å². The average Bonchev–Trinajstić information content (AvgIpc) is 3.22. The standard InChI is InChI=1S/C30H33BN2O8/c1-16-10-18(11-17(2)27(16)35)12-19(23-6-4-5-9-32-23)7-8-24-25-20(15-34)13-21-26(22(25)14-31(39)41-24)29(37)33(28(21)36)30(38)40-3/h4-6,9-12,21-22,24,26,34-35,39H,7-8,13-15H2,1-3H3/b19-12-/t21-,22+,24-,26-/m1/s1. The second-order valence-corrected chi connectivity index (χ2v) is 10.9. The molecule has 214 valence electrons. The minimum atomic E-state index is -1.19. The number of aliphatic hydroxyl groups excluding tert-OH is 1. The van der Waals surface area contributed by atoms with E-state index in [0.29, 0.717) is 28.9 Å². The van der Waals surface area contributed by atoms with Crippen molar-refractivity contribution in [1.29, 1.82) is 0 Å². The zero-order valence-corrected chi connectivity index (χ0v) is 23.2. The number of imide groups is 3. The molecule has 41 heavy (non-hydrogen) atoms. The number of aliphatic hydroxyl groups is 1. The number of phenolic OH excluding ortho intramolecular Hbond substituents is 1. The van der Waals surface area contributed by atoms with Gasteiger partial charge in [-0.1, -0.05) is 6.07 Å². The largest absolute Gasteiger partial charge is 0.507 e. The molecule has 1 aliphatic carbocycles. The van der Waals surface area contributed by atoms with E-state index >= 15 is 0 Å². The molecule has 2 fully saturated rings. The van der Waals surface area contributed by atoms with E-state index in [0.717, 1.165) is 35.1 Å². The Morgan fingerprint density at radius 3 is 2.56 bits per heavy atom. The molecule has 2 saturated heterocycles. The number of nitrogens with zero attached hydrogens (tertiary/aromatic N) is 2. The fourth-order valence-corrected chi connectivity index (χ4v) is 6.57. The number of ether oxygens (including phenoxy) is 1. The van der Waals surface area contributed by atoms with Crippen LogP contribution in [0.2, 0.25) is 6.32 Å². The van der Waals surface area contributed by atoms with Crippen molar-refractivity contribution in [3.63, 3.8) is 0 Å². The number of carbonyl (C=O) groups is 3. The second-order valence-electron chi connectivity index (χ2n) is 10.9. The van der Waals surface area contributed by atoms with Crippen LogP contribution in [0.25, 0.3) is 11.6 Å². The van der Waals surface area contributed by atoms with Crippen molar-refractivity contribution >= 4 is 36.7 Å². The molecular formula is C30H33BN2O8. The Hall–Kier alpha value is -3.80. The Bertz CT molecular complexity index is 1420. The second kappa shape index (κ2) is 11.6.